The maximum Gasteiger partial charge on any atom is 0.243 e. The summed E-state index contributed by atoms with van der Waals surface area (Å²) in [4.78, 5) is 131. The molecule has 2 aromatic heterocycles. The van der Waals surface area contributed by atoms with Gasteiger partial charge in [0.2, 0.25) is 53.2 Å². The van der Waals surface area contributed by atoms with Gasteiger partial charge in [-0.2, -0.15) is 0 Å². The van der Waals surface area contributed by atoms with Gasteiger partial charge in [-0.15, -0.1) is 0 Å². The van der Waals surface area contributed by atoms with Crippen molar-refractivity contribution in [1.29, 1.82) is 0 Å². The molecule has 5 rings (SSSR count). The highest BCUT2D eigenvalue weighted by Gasteiger charge is 2.33. The van der Waals surface area contributed by atoms with Crippen LogP contribution in [0.3, 0.4) is 0 Å². The van der Waals surface area contributed by atoms with Crippen molar-refractivity contribution in [1.82, 2.24) is 57.5 Å². The van der Waals surface area contributed by atoms with Crippen molar-refractivity contribution >= 4 is 75.7 Å². The second kappa shape index (κ2) is 30.9. The Morgan fingerprint density at radius 1 is 0.625 bits per heavy atom. The first-order valence-electron chi connectivity index (χ1n) is 26.5. The molecule has 0 aliphatic rings. The van der Waals surface area contributed by atoms with E-state index in [9.17, 15) is 43.2 Å². The van der Waals surface area contributed by atoms with E-state index in [-0.39, 0.29) is 51.0 Å². The highest BCUT2D eigenvalue weighted by atomic mass is 35.5. The van der Waals surface area contributed by atoms with Crippen molar-refractivity contribution in [3.63, 3.8) is 0 Å². The molecule has 3 aromatic carbocycles. The Labute approximate surface area is 469 Å². The Kier molecular flexibility index (Phi) is 24.2. The van der Waals surface area contributed by atoms with Gasteiger partial charge in [-0.3, -0.25) is 43.2 Å². The largest absolute Gasteiger partial charge is 0.370 e. The Morgan fingerprint density at radius 3 is 1.93 bits per heavy atom. The Bertz CT molecular complexity index is 2900. The number of fused-ring (bicyclic) bond motifs is 1. The van der Waals surface area contributed by atoms with Crippen molar-refractivity contribution in [3.8, 4) is 0 Å². The summed E-state index contributed by atoms with van der Waals surface area (Å²) in [5, 5.41) is 23.2. The Hall–Kier alpha value is -8.15. The molecule has 16 N–H and O–H groups in total. The number of nitrogens with two attached hydrogens (primary N) is 3. The fourth-order valence-corrected chi connectivity index (χ4v) is 9.06. The number of halogens is 1. The third-order valence-electron chi connectivity index (χ3n) is 13.2. The number of rotatable bonds is 32. The predicted octanol–water partition coefficient (Wildman–Crippen LogP) is 0.598. The number of aromatic amines is 2. The molecule has 0 saturated heterocycles. The summed E-state index contributed by atoms with van der Waals surface area (Å²) in [6.07, 6.45) is 4.90. The number of hydrogen-bond acceptors (Lipinski definition) is 12. The number of para-hydroxylation sites is 1. The Morgan fingerprint density at radius 2 is 1.26 bits per heavy atom. The first-order chi connectivity index (χ1) is 38.1. The van der Waals surface area contributed by atoms with E-state index in [1.54, 1.807) is 74.6 Å². The van der Waals surface area contributed by atoms with Gasteiger partial charge in [0, 0.05) is 65.9 Å². The fraction of sp³-hybridized carbons (Fsp3) is 0.429. The molecule has 0 unspecified atom stereocenters. The van der Waals surface area contributed by atoms with Crippen LogP contribution in [0.15, 0.2) is 97.6 Å². The molecule has 8 atom stereocenters. The van der Waals surface area contributed by atoms with E-state index in [0.717, 1.165) is 16.5 Å². The molecular weight excluding hydrogens is 1050 g/mol. The van der Waals surface area contributed by atoms with E-state index in [1.807, 2.05) is 38.1 Å². The minimum Gasteiger partial charge on any atom is -0.370 e. The summed E-state index contributed by atoms with van der Waals surface area (Å²) < 4.78 is 0. The van der Waals surface area contributed by atoms with Crippen LogP contribution in [0.2, 0.25) is 5.02 Å². The lowest BCUT2D eigenvalue weighted by atomic mass is 10.0. The van der Waals surface area contributed by atoms with Gasteiger partial charge in [-0.25, -0.2) is 4.98 Å². The molecule has 5 aromatic rings. The monoisotopic (exact) mass is 1120 g/mol. The van der Waals surface area contributed by atoms with Crippen LogP contribution in [0, 0.1) is 11.8 Å². The van der Waals surface area contributed by atoms with Crippen molar-refractivity contribution in [2.75, 3.05) is 13.1 Å². The number of nitrogens with one attached hydrogen (secondary N) is 10. The van der Waals surface area contributed by atoms with E-state index in [2.05, 4.69) is 57.5 Å². The van der Waals surface area contributed by atoms with E-state index in [1.165, 1.54) is 19.4 Å². The molecule has 0 radical (unpaired) electrons. The van der Waals surface area contributed by atoms with Crippen LogP contribution >= 0.6 is 11.6 Å². The second-order valence-electron chi connectivity index (χ2n) is 20.6. The number of primary amides is 2. The molecule has 9 amide bonds. The maximum absolute atomic E-state index is 14.2. The number of carbonyl (C=O) groups excluding carboxylic acids is 9. The van der Waals surface area contributed by atoms with Crippen molar-refractivity contribution < 1.29 is 43.2 Å². The third kappa shape index (κ3) is 19.9. The van der Waals surface area contributed by atoms with Crippen LogP contribution in [0.25, 0.3) is 10.9 Å². The van der Waals surface area contributed by atoms with Crippen LogP contribution in [0.5, 0.6) is 0 Å². The number of benzene rings is 3. The molecule has 0 aliphatic carbocycles. The summed E-state index contributed by atoms with van der Waals surface area (Å²) in [5.41, 5.74) is 20.8. The summed E-state index contributed by atoms with van der Waals surface area (Å²) in [6, 6.07) is 14.7. The second-order valence-corrected chi connectivity index (χ2v) is 21.0. The average molecular weight is 1120 g/mol. The maximum atomic E-state index is 14.2. The lowest BCUT2D eigenvalue weighted by Crippen LogP contribution is -2.59. The van der Waals surface area contributed by atoms with Gasteiger partial charge in [0.05, 0.1) is 25.0 Å². The molecule has 80 heavy (non-hydrogen) atoms. The van der Waals surface area contributed by atoms with Gasteiger partial charge in [-0.1, -0.05) is 106 Å². The molecule has 0 spiro atoms. The number of H-pyrrole nitrogens is 2. The Balaban J connectivity index is 1.23. The van der Waals surface area contributed by atoms with Gasteiger partial charge in [0.15, 0.2) is 0 Å². The lowest BCUT2D eigenvalue weighted by molar-refractivity contribution is -0.135. The van der Waals surface area contributed by atoms with Crippen LogP contribution in [-0.2, 0) is 68.8 Å². The van der Waals surface area contributed by atoms with E-state index < -0.39 is 114 Å². The van der Waals surface area contributed by atoms with Crippen LogP contribution < -0.4 is 59.7 Å². The van der Waals surface area contributed by atoms with Crippen LogP contribution in [0.1, 0.15) is 76.3 Å². The van der Waals surface area contributed by atoms with Crippen molar-refractivity contribution in [3.05, 3.63) is 125 Å². The SMILES string of the molecule is CC(C)C[C@@H](CN[C@@H](Cc1ccccc1Cl)C(N)=O)NC(=O)[C@H](Cc1cnc[nH]1)NC(=O)CNC(=O)[C@@H](NC(=O)[C@H](C)NC(=O)[C@H](Cc1c[nH]c2ccccc12)NC(=O)[C@H](CCC(N)=O)NC(=O)[C@H](N)Cc1ccccc1)C(C)C. The van der Waals surface area contributed by atoms with Gasteiger partial charge in [0.25, 0.3) is 0 Å². The summed E-state index contributed by atoms with van der Waals surface area (Å²) >= 11 is 6.36. The first-order valence-corrected chi connectivity index (χ1v) is 26.9. The smallest absolute Gasteiger partial charge is 0.243 e. The van der Waals surface area contributed by atoms with Gasteiger partial charge in [0.1, 0.15) is 30.2 Å². The quantitative estimate of drug-likeness (QED) is 0.0282. The minimum absolute atomic E-state index is 0.000698. The fourth-order valence-electron chi connectivity index (χ4n) is 8.84. The van der Waals surface area contributed by atoms with Gasteiger partial charge in [-0.05, 0) is 73.3 Å². The normalized spacial score (nSPS) is 14.3. The highest BCUT2D eigenvalue weighted by Crippen LogP contribution is 2.20. The highest BCUT2D eigenvalue weighted by molar-refractivity contribution is 6.31. The zero-order valence-electron chi connectivity index (χ0n) is 45.6. The van der Waals surface area contributed by atoms with Crippen LogP contribution in [-0.4, -0.2) is 130 Å². The van der Waals surface area contributed by atoms with Gasteiger partial charge >= 0.3 is 0 Å². The number of aromatic nitrogens is 3. The molecule has 0 aliphatic heterocycles. The summed E-state index contributed by atoms with van der Waals surface area (Å²) in [7, 11) is 0. The number of carbonyl (C=O) groups is 9. The first kappa shape index (κ1) is 62.7. The van der Waals surface area contributed by atoms with E-state index >= 15 is 0 Å². The minimum atomic E-state index is -1.35. The molecule has 430 valence electrons. The lowest BCUT2D eigenvalue weighted by Gasteiger charge is -2.27. The van der Waals surface area contributed by atoms with Gasteiger partial charge < -0.3 is 69.7 Å². The van der Waals surface area contributed by atoms with E-state index in [0.29, 0.717) is 28.3 Å². The molecule has 24 heteroatoms. The predicted molar refractivity (Wildman–Crippen MR) is 302 cm³/mol. The summed E-state index contributed by atoms with van der Waals surface area (Å²) in [6.45, 7) is 8.22. The number of hydrogen-bond donors (Lipinski definition) is 13. The molecule has 23 nitrogen and oxygen atoms in total. The summed E-state index contributed by atoms with van der Waals surface area (Å²) in [5.74, 6) is -6.83. The molecule has 0 saturated carbocycles. The van der Waals surface area contributed by atoms with Crippen LogP contribution in [0.4, 0.5) is 0 Å². The average Bonchev–Trinajstić information content (AvgIpc) is 4.10. The molecular formula is C56H75ClN14O9. The standard InChI is InChI=1S/C56H75ClN14O9/c1-31(2)21-38(28-63-44(50(60)74)23-35-15-9-11-17-40(35)57)67-55(79)46(25-37-27-61-30-65-37)68-48(73)29-64-56(80)49(32(3)4)71-51(75)33(5)66-54(78)45(24-36-26-62-42-18-12-10-16-39(36)42)70-53(77)43(19-20-47(59)72)69-52(76)41(58)22-34-13-7-6-8-14-34/h6-18,26-27,30-33,38,41,43-46,49,62-63H,19-25,28-29,58H2,1-5H3,(H2,59,72)(H2,60,74)(H,61,65)(H,64,80)(H,66,78)(H,67,79)(H,68,73)(H,69,76)(H,70,77)(H,71,75)/t33-,38-,41+,43-,44-,45-,46-,49-/m0/s1. The molecule has 0 fully saturated rings. The third-order valence-corrected chi connectivity index (χ3v) is 13.5. The number of nitrogens with zero attached hydrogens (tertiary/aromatic N) is 1. The topological polar surface area (TPSA) is 372 Å². The van der Waals surface area contributed by atoms with E-state index in [4.69, 9.17) is 28.8 Å². The zero-order valence-corrected chi connectivity index (χ0v) is 46.4. The number of amides is 9. The number of imidazole rings is 1. The zero-order chi connectivity index (χ0) is 58.5. The van der Waals surface area contributed by atoms with Crippen molar-refractivity contribution in [2.24, 2.45) is 29.0 Å². The molecule has 0 bridgehead atoms. The molecule has 2 heterocycles. The van der Waals surface area contributed by atoms with Crippen molar-refractivity contribution in [2.45, 2.75) is 128 Å².